The van der Waals surface area contributed by atoms with Crippen LogP contribution in [-0.2, 0) is 0 Å². The highest BCUT2D eigenvalue weighted by molar-refractivity contribution is 9.09. The average Bonchev–Trinajstić information content (AvgIpc) is 2.92. The number of halogens is 3. The summed E-state index contributed by atoms with van der Waals surface area (Å²) in [7, 11) is 0. The number of anilines is 1. The lowest BCUT2D eigenvalue weighted by Gasteiger charge is -2.05. The molecule has 0 saturated heterocycles. The predicted molar refractivity (Wildman–Crippen MR) is 82.3 cm³/mol. The van der Waals surface area contributed by atoms with Crippen LogP contribution in [0.25, 0.3) is 0 Å². The Bertz CT molecular complexity index is 636. The van der Waals surface area contributed by atoms with E-state index in [0.29, 0.717) is 18.2 Å². The number of rotatable bonds is 6. The molecule has 2 rings (SSSR count). The van der Waals surface area contributed by atoms with Gasteiger partial charge < -0.3 is 14.6 Å². The van der Waals surface area contributed by atoms with E-state index in [1.807, 2.05) is 0 Å². The fraction of sp³-hybridized carbons (Fsp3) is 0.231. The van der Waals surface area contributed by atoms with Crippen LogP contribution in [0.1, 0.15) is 12.2 Å². The Balaban J connectivity index is 1.98. The van der Waals surface area contributed by atoms with E-state index >= 15 is 0 Å². The molecule has 0 spiro atoms. The van der Waals surface area contributed by atoms with E-state index in [4.69, 9.17) is 26.3 Å². The SMILES string of the molecule is N=C(Nc1ccc(F)c(Cl)c1)c1cc(OCCCBr)no1. The van der Waals surface area contributed by atoms with E-state index in [2.05, 4.69) is 26.4 Å². The standard InChI is InChI=1S/C13H12BrClFN3O2/c14-4-1-5-20-12-7-11(21-19-12)13(17)18-8-2-3-10(16)9(15)6-8/h2-3,6-7H,1,4-5H2,(H2,17,18). The van der Waals surface area contributed by atoms with Crippen LogP contribution in [0.2, 0.25) is 5.02 Å². The predicted octanol–water partition coefficient (Wildman–Crippen LogP) is 4.07. The number of ether oxygens (including phenoxy) is 1. The van der Waals surface area contributed by atoms with Gasteiger partial charge in [-0.05, 0) is 29.8 Å². The fourth-order valence-corrected chi connectivity index (χ4v) is 1.87. The third-order valence-electron chi connectivity index (χ3n) is 2.45. The van der Waals surface area contributed by atoms with Gasteiger partial charge in [0.2, 0.25) is 5.76 Å². The summed E-state index contributed by atoms with van der Waals surface area (Å²) in [5.41, 5.74) is 0.476. The molecule has 2 aromatic rings. The number of nitrogens with one attached hydrogen (secondary N) is 2. The van der Waals surface area contributed by atoms with Crippen molar-refractivity contribution < 1.29 is 13.7 Å². The Kier molecular flexibility index (Phi) is 5.58. The summed E-state index contributed by atoms with van der Waals surface area (Å²) < 4.78 is 23.4. The van der Waals surface area contributed by atoms with Gasteiger partial charge in [-0.15, -0.1) is 0 Å². The smallest absolute Gasteiger partial charge is 0.254 e. The van der Waals surface area contributed by atoms with Crippen molar-refractivity contribution in [2.75, 3.05) is 17.3 Å². The van der Waals surface area contributed by atoms with E-state index in [1.54, 1.807) is 0 Å². The monoisotopic (exact) mass is 375 g/mol. The molecular weight excluding hydrogens is 365 g/mol. The van der Waals surface area contributed by atoms with Gasteiger partial charge in [0, 0.05) is 11.0 Å². The minimum absolute atomic E-state index is 0.0239. The molecule has 0 radical (unpaired) electrons. The largest absolute Gasteiger partial charge is 0.475 e. The maximum atomic E-state index is 13.0. The average molecular weight is 377 g/mol. The summed E-state index contributed by atoms with van der Waals surface area (Å²) in [5, 5.41) is 15.1. The third-order valence-corrected chi connectivity index (χ3v) is 3.30. The molecule has 0 aliphatic heterocycles. The maximum Gasteiger partial charge on any atom is 0.254 e. The van der Waals surface area contributed by atoms with Gasteiger partial charge in [-0.25, -0.2) is 4.39 Å². The van der Waals surface area contributed by atoms with Crippen molar-refractivity contribution in [1.29, 1.82) is 5.41 Å². The fourth-order valence-electron chi connectivity index (χ4n) is 1.46. The van der Waals surface area contributed by atoms with Crippen molar-refractivity contribution in [3.8, 4) is 5.88 Å². The first-order chi connectivity index (χ1) is 10.1. The number of amidine groups is 1. The zero-order chi connectivity index (χ0) is 15.2. The molecule has 0 saturated carbocycles. The summed E-state index contributed by atoms with van der Waals surface area (Å²) in [6, 6.07) is 5.58. The van der Waals surface area contributed by atoms with Crippen LogP contribution < -0.4 is 10.1 Å². The number of benzene rings is 1. The van der Waals surface area contributed by atoms with E-state index in [9.17, 15) is 4.39 Å². The third kappa shape index (κ3) is 4.44. The second kappa shape index (κ2) is 7.42. The molecule has 0 unspecified atom stereocenters. The number of alkyl halides is 1. The first kappa shape index (κ1) is 15.8. The maximum absolute atomic E-state index is 13.0. The molecule has 0 fully saturated rings. The summed E-state index contributed by atoms with van der Waals surface area (Å²) in [6.07, 6.45) is 0.839. The van der Waals surface area contributed by atoms with Gasteiger partial charge in [-0.1, -0.05) is 27.5 Å². The van der Waals surface area contributed by atoms with E-state index in [1.165, 1.54) is 24.3 Å². The van der Waals surface area contributed by atoms with Crippen LogP contribution in [0.3, 0.4) is 0 Å². The molecule has 1 aromatic heterocycles. The van der Waals surface area contributed by atoms with Crippen LogP contribution in [-0.4, -0.2) is 22.9 Å². The lowest BCUT2D eigenvalue weighted by Crippen LogP contribution is -2.11. The van der Waals surface area contributed by atoms with Crippen molar-refractivity contribution >= 4 is 39.1 Å². The molecule has 1 heterocycles. The zero-order valence-electron chi connectivity index (χ0n) is 10.8. The highest BCUT2D eigenvalue weighted by atomic mass is 79.9. The summed E-state index contributed by atoms with van der Waals surface area (Å²) in [6.45, 7) is 0.506. The molecule has 0 bridgehead atoms. The first-order valence-electron chi connectivity index (χ1n) is 6.06. The normalized spacial score (nSPS) is 10.4. The van der Waals surface area contributed by atoms with Crippen LogP contribution >= 0.6 is 27.5 Å². The Labute approximate surface area is 134 Å². The van der Waals surface area contributed by atoms with E-state index < -0.39 is 5.82 Å². The molecule has 2 N–H and O–H groups in total. The van der Waals surface area contributed by atoms with Crippen LogP contribution in [0.5, 0.6) is 5.88 Å². The number of nitrogens with zero attached hydrogens (tertiary/aromatic N) is 1. The van der Waals surface area contributed by atoms with Crippen LogP contribution in [0.4, 0.5) is 10.1 Å². The lowest BCUT2D eigenvalue weighted by molar-refractivity contribution is 0.280. The van der Waals surface area contributed by atoms with Crippen LogP contribution in [0.15, 0.2) is 28.8 Å². The van der Waals surface area contributed by atoms with Crippen molar-refractivity contribution in [2.45, 2.75) is 6.42 Å². The molecule has 0 atom stereocenters. The van der Waals surface area contributed by atoms with Gasteiger partial charge in [-0.2, -0.15) is 0 Å². The van der Waals surface area contributed by atoms with Gasteiger partial charge in [0.15, 0.2) is 5.84 Å². The summed E-state index contributed by atoms with van der Waals surface area (Å²) in [5.74, 6) is -0.0182. The molecule has 8 heteroatoms. The van der Waals surface area contributed by atoms with E-state index in [-0.39, 0.29) is 16.6 Å². The van der Waals surface area contributed by atoms with E-state index in [0.717, 1.165) is 11.8 Å². The van der Waals surface area contributed by atoms with Gasteiger partial charge >= 0.3 is 0 Å². The summed E-state index contributed by atoms with van der Waals surface area (Å²) in [4.78, 5) is 0. The molecule has 21 heavy (non-hydrogen) atoms. The topological polar surface area (TPSA) is 71.1 Å². The van der Waals surface area contributed by atoms with Crippen molar-refractivity contribution in [3.05, 3.63) is 40.9 Å². The van der Waals surface area contributed by atoms with Crippen LogP contribution in [0, 0.1) is 11.2 Å². The van der Waals surface area contributed by atoms with Crippen molar-refractivity contribution in [1.82, 2.24) is 5.16 Å². The number of hydrogen-bond donors (Lipinski definition) is 2. The zero-order valence-corrected chi connectivity index (χ0v) is 13.2. The van der Waals surface area contributed by atoms with Crippen molar-refractivity contribution in [2.24, 2.45) is 0 Å². The Morgan fingerprint density at radius 1 is 1.48 bits per heavy atom. The molecule has 0 amide bonds. The van der Waals surface area contributed by atoms with Gasteiger partial charge in [0.05, 0.1) is 17.7 Å². The molecular formula is C13H12BrClFN3O2. The Morgan fingerprint density at radius 3 is 3.00 bits per heavy atom. The molecule has 0 aliphatic rings. The number of hydrogen-bond acceptors (Lipinski definition) is 4. The molecule has 0 aliphatic carbocycles. The minimum atomic E-state index is -0.518. The lowest BCUT2D eigenvalue weighted by atomic mass is 10.3. The van der Waals surface area contributed by atoms with Gasteiger partial charge in [-0.3, -0.25) is 5.41 Å². The Hall–Kier alpha value is -1.60. The molecule has 5 nitrogen and oxygen atoms in total. The summed E-state index contributed by atoms with van der Waals surface area (Å²) >= 11 is 8.97. The number of aromatic nitrogens is 1. The van der Waals surface area contributed by atoms with Gasteiger partial charge in [0.1, 0.15) is 5.82 Å². The highest BCUT2D eigenvalue weighted by Gasteiger charge is 2.11. The second-order valence-electron chi connectivity index (χ2n) is 4.05. The Morgan fingerprint density at radius 2 is 2.29 bits per heavy atom. The van der Waals surface area contributed by atoms with Crippen molar-refractivity contribution in [3.63, 3.8) is 0 Å². The molecule has 1 aromatic carbocycles. The first-order valence-corrected chi connectivity index (χ1v) is 7.56. The minimum Gasteiger partial charge on any atom is -0.475 e. The quantitative estimate of drug-likeness (QED) is 0.345. The van der Waals surface area contributed by atoms with Gasteiger partial charge in [0.25, 0.3) is 5.88 Å². The second-order valence-corrected chi connectivity index (χ2v) is 5.25. The molecule has 112 valence electrons. The highest BCUT2D eigenvalue weighted by Crippen LogP contribution is 2.20.